The van der Waals surface area contributed by atoms with E-state index in [0.717, 1.165) is 12.0 Å². The lowest BCUT2D eigenvalue weighted by Crippen LogP contribution is -2.30. The molecule has 0 saturated carbocycles. The molecule has 1 aromatic rings. The molecule has 0 unspecified atom stereocenters. The molecule has 1 amide bonds. The summed E-state index contributed by atoms with van der Waals surface area (Å²) in [4.78, 5) is 11.6. The Morgan fingerprint density at radius 3 is 2.39 bits per heavy atom. The Hall–Kier alpha value is -1.60. The minimum Gasteiger partial charge on any atom is -0.484 e. The molecule has 0 aliphatic carbocycles. The number of carbonyl (C=O) groups excluding carboxylic acids is 1. The third-order valence-electron chi connectivity index (χ3n) is 3.31. The predicted molar refractivity (Wildman–Crippen MR) is 90.7 cm³/mol. The highest BCUT2D eigenvalue weighted by Gasteiger charge is 2.11. The molecule has 1 rings (SSSR count). The van der Waals surface area contributed by atoms with E-state index in [2.05, 4.69) is 19.2 Å². The highest BCUT2D eigenvalue weighted by molar-refractivity contribution is 7.88. The molecule has 0 bridgehead atoms. The van der Waals surface area contributed by atoms with Gasteiger partial charge in [0.25, 0.3) is 5.91 Å². The minimum absolute atomic E-state index is 0.0271. The van der Waals surface area contributed by atoms with Crippen molar-refractivity contribution in [2.75, 3.05) is 26.5 Å². The molecule has 0 aromatic heterocycles. The second kappa shape index (κ2) is 8.88. The molecule has 0 aliphatic rings. The highest BCUT2D eigenvalue weighted by atomic mass is 32.2. The van der Waals surface area contributed by atoms with Gasteiger partial charge in [-0.3, -0.25) is 4.79 Å². The molecule has 0 heterocycles. The third-order valence-corrected chi connectivity index (χ3v) is 4.57. The smallest absolute Gasteiger partial charge is 0.257 e. The maximum absolute atomic E-state index is 11.6. The number of sulfonamides is 1. The molecule has 0 saturated heterocycles. The van der Waals surface area contributed by atoms with Crippen LogP contribution in [0, 0.1) is 5.92 Å². The first kappa shape index (κ1) is 19.4. The van der Waals surface area contributed by atoms with E-state index < -0.39 is 10.0 Å². The van der Waals surface area contributed by atoms with Crippen LogP contribution in [0.5, 0.6) is 5.75 Å². The Morgan fingerprint density at radius 1 is 1.26 bits per heavy atom. The van der Waals surface area contributed by atoms with E-state index in [-0.39, 0.29) is 12.5 Å². The van der Waals surface area contributed by atoms with Crippen LogP contribution >= 0.6 is 0 Å². The lowest BCUT2D eigenvalue weighted by Gasteiger charge is -2.14. The summed E-state index contributed by atoms with van der Waals surface area (Å²) in [7, 11) is -1.67. The standard InChI is InChI=1S/C16H26N2O4S/c1-13(2)9-10-17-16(19)12-22-15-7-5-14(6-8-15)11-18(3)23(4,20)21/h5-8,13H,9-12H2,1-4H3,(H,17,19). The Labute approximate surface area is 138 Å². The number of rotatable bonds is 9. The summed E-state index contributed by atoms with van der Waals surface area (Å²) >= 11 is 0. The molecule has 0 spiro atoms. The topological polar surface area (TPSA) is 75.7 Å². The number of hydrogen-bond donors (Lipinski definition) is 1. The second-order valence-electron chi connectivity index (χ2n) is 5.98. The number of amides is 1. The van der Waals surface area contributed by atoms with Crippen LogP contribution in [0.1, 0.15) is 25.8 Å². The average Bonchev–Trinajstić information content (AvgIpc) is 2.45. The maximum Gasteiger partial charge on any atom is 0.257 e. The van der Waals surface area contributed by atoms with Crippen molar-refractivity contribution in [3.63, 3.8) is 0 Å². The fourth-order valence-electron chi connectivity index (χ4n) is 1.77. The van der Waals surface area contributed by atoms with Gasteiger partial charge < -0.3 is 10.1 Å². The predicted octanol–water partition coefficient (Wildman–Crippen LogP) is 1.62. The minimum atomic E-state index is -3.20. The Kier molecular flexibility index (Phi) is 7.51. The third kappa shape index (κ3) is 7.99. The van der Waals surface area contributed by atoms with Crippen LogP contribution in [0.4, 0.5) is 0 Å². The van der Waals surface area contributed by atoms with Crippen molar-refractivity contribution in [3.8, 4) is 5.75 Å². The van der Waals surface area contributed by atoms with Crippen molar-refractivity contribution < 1.29 is 17.9 Å². The Morgan fingerprint density at radius 2 is 1.87 bits per heavy atom. The lowest BCUT2D eigenvalue weighted by molar-refractivity contribution is -0.123. The molecule has 23 heavy (non-hydrogen) atoms. The van der Waals surface area contributed by atoms with Gasteiger partial charge in [0.1, 0.15) is 5.75 Å². The van der Waals surface area contributed by atoms with Crippen molar-refractivity contribution in [2.45, 2.75) is 26.8 Å². The fraction of sp³-hybridized carbons (Fsp3) is 0.562. The van der Waals surface area contributed by atoms with Gasteiger partial charge >= 0.3 is 0 Å². The van der Waals surface area contributed by atoms with Crippen LogP contribution in [-0.4, -0.2) is 45.1 Å². The van der Waals surface area contributed by atoms with Crippen LogP contribution in [-0.2, 0) is 21.4 Å². The molecule has 7 heteroatoms. The molecule has 1 aromatic carbocycles. The number of carbonyl (C=O) groups is 1. The van der Waals surface area contributed by atoms with Gasteiger partial charge in [0.05, 0.1) is 6.26 Å². The van der Waals surface area contributed by atoms with Crippen molar-refractivity contribution in [1.29, 1.82) is 0 Å². The van der Waals surface area contributed by atoms with Crippen molar-refractivity contribution in [3.05, 3.63) is 29.8 Å². The first-order valence-electron chi connectivity index (χ1n) is 7.58. The van der Waals surface area contributed by atoms with Crippen LogP contribution in [0.25, 0.3) is 0 Å². The summed E-state index contributed by atoms with van der Waals surface area (Å²) in [5.41, 5.74) is 0.853. The number of nitrogens with zero attached hydrogens (tertiary/aromatic N) is 1. The SMILES string of the molecule is CC(C)CCNC(=O)COc1ccc(CN(C)S(C)(=O)=O)cc1. The normalized spacial score (nSPS) is 11.7. The number of ether oxygens (including phenoxy) is 1. The van der Waals surface area contributed by atoms with E-state index in [9.17, 15) is 13.2 Å². The van der Waals surface area contributed by atoms with Crippen molar-refractivity contribution in [1.82, 2.24) is 9.62 Å². The van der Waals surface area contributed by atoms with E-state index in [0.29, 0.717) is 24.8 Å². The summed E-state index contributed by atoms with van der Waals surface area (Å²) in [6, 6.07) is 7.03. The molecular formula is C16H26N2O4S. The van der Waals surface area contributed by atoms with Crippen LogP contribution in [0.3, 0.4) is 0 Å². The summed E-state index contributed by atoms with van der Waals surface area (Å²) in [6.07, 6.45) is 2.11. The first-order chi connectivity index (χ1) is 10.7. The van der Waals surface area contributed by atoms with Crippen LogP contribution in [0.15, 0.2) is 24.3 Å². The van der Waals surface area contributed by atoms with Gasteiger partial charge in [-0.15, -0.1) is 0 Å². The molecule has 0 atom stereocenters. The van der Waals surface area contributed by atoms with E-state index in [1.807, 2.05) is 0 Å². The summed E-state index contributed by atoms with van der Waals surface area (Å²) in [6.45, 7) is 5.13. The van der Waals surface area contributed by atoms with Crippen LogP contribution in [0.2, 0.25) is 0 Å². The molecule has 1 N–H and O–H groups in total. The van der Waals surface area contributed by atoms with E-state index in [4.69, 9.17) is 4.74 Å². The Balaban J connectivity index is 2.41. The average molecular weight is 342 g/mol. The Bertz CT molecular complexity index is 597. The van der Waals surface area contributed by atoms with E-state index in [1.165, 1.54) is 17.6 Å². The van der Waals surface area contributed by atoms with Crippen molar-refractivity contribution >= 4 is 15.9 Å². The largest absolute Gasteiger partial charge is 0.484 e. The van der Waals surface area contributed by atoms with Gasteiger partial charge in [0.15, 0.2) is 6.61 Å². The van der Waals surface area contributed by atoms with Crippen molar-refractivity contribution in [2.24, 2.45) is 5.92 Å². The monoisotopic (exact) mass is 342 g/mol. The zero-order chi connectivity index (χ0) is 17.5. The van der Waals surface area contributed by atoms with Gasteiger partial charge in [-0.2, -0.15) is 0 Å². The van der Waals surface area contributed by atoms with E-state index in [1.54, 1.807) is 24.3 Å². The van der Waals surface area contributed by atoms with Crippen LogP contribution < -0.4 is 10.1 Å². The molecule has 0 radical (unpaired) electrons. The molecular weight excluding hydrogens is 316 g/mol. The number of benzene rings is 1. The zero-order valence-electron chi connectivity index (χ0n) is 14.2. The summed E-state index contributed by atoms with van der Waals surface area (Å²) in [5, 5.41) is 2.80. The number of hydrogen-bond acceptors (Lipinski definition) is 4. The quantitative estimate of drug-likeness (QED) is 0.740. The number of nitrogens with one attached hydrogen (secondary N) is 1. The lowest BCUT2D eigenvalue weighted by atomic mass is 10.1. The first-order valence-corrected chi connectivity index (χ1v) is 9.43. The highest BCUT2D eigenvalue weighted by Crippen LogP contribution is 2.14. The summed E-state index contributed by atoms with van der Waals surface area (Å²) < 4.78 is 29.4. The molecule has 0 fully saturated rings. The van der Waals surface area contributed by atoms with Gasteiger partial charge in [-0.05, 0) is 30.0 Å². The molecule has 6 nitrogen and oxygen atoms in total. The second-order valence-corrected chi connectivity index (χ2v) is 8.07. The van der Waals surface area contributed by atoms with E-state index >= 15 is 0 Å². The van der Waals surface area contributed by atoms with Gasteiger partial charge in [0, 0.05) is 20.1 Å². The summed E-state index contributed by atoms with van der Waals surface area (Å²) in [5.74, 6) is 0.982. The zero-order valence-corrected chi connectivity index (χ0v) is 15.0. The van der Waals surface area contributed by atoms with Gasteiger partial charge in [0.2, 0.25) is 10.0 Å². The molecule has 130 valence electrons. The fourth-order valence-corrected chi connectivity index (χ4v) is 2.15. The van der Waals surface area contributed by atoms with Gasteiger partial charge in [-0.1, -0.05) is 26.0 Å². The maximum atomic E-state index is 11.6. The molecule has 0 aliphatic heterocycles. The van der Waals surface area contributed by atoms with Gasteiger partial charge in [-0.25, -0.2) is 12.7 Å².